The molecule has 4 rings (SSSR count). The summed E-state index contributed by atoms with van der Waals surface area (Å²) in [6, 6.07) is 20.1. The second kappa shape index (κ2) is 10.5. The maximum Gasteiger partial charge on any atom is 0.411 e. The molecule has 35 heavy (non-hydrogen) atoms. The zero-order chi connectivity index (χ0) is 25.1. The Morgan fingerprint density at radius 3 is 2.17 bits per heavy atom. The van der Waals surface area contributed by atoms with E-state index in [0.29, 0.717) is 14.8 Å². The van der Waals surface area contributed by atoms with Gasteiger partial charge in [0.15, 0.2) is 0 Å². The molecule has 0 heterocycles. The van der Waals surface area contributed by atoms with Gasteiger partial charge in [-0.1, -0.05) is 48.5 Å². The molecule has 0 radical (unpaired) electrons. The number of halogens is 1. The van der Waals surface area contributed by atoms with E-state index in [4.69, 9.17) is 4.74 Å². The van der Waals surface area contributed by atoms with Crippen molar-refractivity contribution in [2.45, 2.75) is 25.8 Å². The first-order valence-corrected chi connectivity index (χ1v) is 12.3. The van der Waals surface area contributed by atoms with Crippen molar-refractivity contribution in [2.24, 2.45) is 0 Å². The number of likely N-dealkylation sites (N-methyl/N-ethyl adjacent to an activating group) is 1. The van der Waals surface area contributed by atoms with Gasteiger partial charge in [0.2, 0.25) is 0 Å². The van der Waals surface area contributed by atoms with Crippen LogP contribution in [0.4, 0.5) is 10.5 Å². The van der Waals surface area contributed by atoms with Crippen LogP contribution in [0.2, 0.25) is 0 Å². The fourth-order valence-corrected chi connectivity index (χ4v) is 5.04. The van der Waals surface area contributed by atoms with Gasteiger partial charge in [0, 0.05) is 21.6 Å². The molecule has 2 amide bonds. The fraction of sp³-hybridized carbons (Fsp3) is 0.222. The van der Waals surface area contributed by atoms with Crippen LogP contribution in [0.5, 0.6) is 0 Å². The van der Waals surface area contributed by atoms with Crippen LogP contribution in [0.25, 0.3) is 11.1 Å². The monoisotopic (exact) mass is 584 g/mol. The standard InChI is InChI=1S/C27H25IN2O5/c1-3-30(16(2)26(32)33)25(31)17-12-13-24(23(28)14-17)29-27(34)35-15-22-20-10-6-4-8-18(20)19-9-5-7-11-21(19)22/h4-14,16,22H,3,15H2,1-2H3,(H,29,34)(H,32,33). The third-order valence-corrected chi connectivity index (χ3v) is 7.12. The van der Waals surface area contributed by atoms with Crippen LogP contribution < -0.4 is 5.32 Å². The van der Waals surface area contributed by atoms with Crippen molar-refractivity contribution < 1.29 is 24.2 Å². The normalized spacial score (nSPS) is 12.9. The molecule has 1 unspecified atom stereocenters. The summed E-state index contributed by atoms with van der Waals surface area (Å²) in [4.78, 5) is 38.0. The number of nitrogens with zero attached hydrogens (tertiary/aromatic N) is 1. The minimum atomic E-state index is -1.07. The van der Waals surface area contributed by atoms with Crippen LogP contribution in [-0.4, -0.2) is 47.2 Å². The molecular weight excluding hydrogens is 559 g/mol. The average molecular weight is 584 g/mol. The van der Waals surface area contributed by atoms with Gasteiger partial charge in [0.05, 0.1) is 5.69 Å². The van der Waals surface area contributed by atoms with E-state index in [1.54, 1.807) is 25.1 Å². The number of aliphatic carboxylic acids is 1. The lowest BCUT2D eigenvalue weighted by molar-refractivity contribution is -0.141. The largest absolute Gasteiger partial charge is 0.480 e. The molecule has 2 N–H and O–H groups in total. The predicted molar refractivity (Wildman–Crippen MR) is 142 cm³/mol. The molecule has 3 aromatic rings. The highest BCUT2D eigenvalue weighted by atomic mass is 127. The van der Waals surface area contributed by atoms with E-state index in [1.807, 2.05) is 46.9 Å². The van der Waals surface area contributed by atoms with Gasteiger partial charge in [-0.3, -0.25) is 10.1 Å². The number of carboxylic acid groups (broad SMARTS) is 1. The molecule has 1 atom stereocenters. The Morgan fingerprint density at radius 2 is 1.63 bits per heavy atom. The van der Waals surface area contributed by atoms with E-state index >= 15 is 0 Å². The number of carboxylic acids is 1. The number of nitrogens with one attached hydrogen (secondary N) is 1. The van der Waals surface area contributed by atoms with Crippen LogP contribution >= 0.6 is 22.6 Å². The molecule has 3 aromatic carbocycles. The van der Waals surface area contributed by atoms with Crippen molar-refractivity contribution >= 4 is 46.2 Å². The summed E-state index contributed by atoms with van der Waals surface area (Å²) >= 11 is 2.03. The Morgan fingerprint density at radius 1 is 1.03 bits per heavy atom. The van der Waals surface area contributed by atoms with E-state index < -0.39 is 18.1 Å². The van der Waals surface area contributed by atoms with Crippen LogP contribution in [0, 0.1) is 3.57 Å². The minimum Gasteiger partial charge on any atom is -0.480 e. The first-order chi connectivity index (χ1) is 16.8. The number of benzene rings is 3. The number of carbonyl (C=O) groups is 3. The molecule has 0 bridgehead atoms. The third kappa shape index (κ3) is 5.02. The summed E-state index contributed by atoms with van der Waals surface area (Å²) in [7, 11) is 0. The zero-order valence-corrected chi connectivity index (χ0v) is 21.5. The van der Waals surface area contributed by atoms with Gasteiger partial charge >= 0.3 is 12.1 Å². The molecule has 0 fully saturated rings. The van der Waals surface area contributed by atoms with Crippen LogP contribution in [0.15, 0.2) is 66.7 Å². The van der Waals surface area contributed by atoms with E-state index in [9.17, 15) is 19.5 Å². The molecule has 0 aliphatic heterocycles. The quantitative estimate of drug-likeness (QED) is 0.354. The van der Waals surface area contributed by atoms with E-state index in [1.165, 1.54) is 11.8 Å². The number of ether oxygens (including phenoxy) is 1. The molecule has 0 saturated carbocycles. The lowest BCUT2D eigenvalue weighted by Crippen LogP contribution is -2.43. The van der Waals surface area contributed by atoms with Crippen molar-refractivity contribution in [1.29, 1.82) is 0 Å². The number of rotatable bonds is 7. The zero-order valence-electron chi connectivity index (χ0n) is 19.3. The second-order valence-electron chi connectivity index (χ2n) is 8.25. The highest BCUT2D eigenvalue weighted by Gasteiger charge is 2.29. The first-order valence-electron chi connectivity index (χ1n) is 11.3. The summed E-state index contributed by atoms with van der Waals surface area (Å²) in [5.41, 5.74) is 5.44. The van der Waals surface area contributed by atoms with Crippen LogP contribution in [0.1, 0.15) is 41.3 Å². The molecule has 0 aromatic heterocycles. The van der Waals surface area contributed by atoms with Crippen molar-refractivity contribution in [3.05, 3.63) is 87.0 Å². The Hall–Kier alpha value is -3.40. The number of anilines is 1. The first kappa shape index (κ1) is 24.7. The van der Waals surface area contributed by atoms with Crippen molar-refractivity contribution in [3.63, 3.8) is 0 Å². The Labute approximate surface area is 217 Å². The SMILES string of the molecule is CCN(C(=O)c1ccc(NC(=O)OCC2c3ccccc3-c3ccccc32)c(I)c1)C(C)C(=O)O. The smallest absolute Gasteiger partial charge is 0.411 e. The summed E-state index contributed by atoms with van der Waals surface area (Å²) in [5.74, 6) is -1.49. The number of carbonyl (C=O) groups excluding carboxylic acids is 2. The maximum absolute atomic E-state index is 12.8. The highest BCUT2D eigenvalue weighted by molar-refractivity contribution is 14.1. The van der Waals surface area contributed by atoms with Gasteiger partial charge in [0.1, 0.15) is 12.6 Å². The van der Waals surface area contributed by atoms with Gasteiger partial charge in [0.25, 0.3) is 5.91 Å². The highest BCUT2D eigenvalue weighted by Crippen LogP contribution is 2.44. The van der Waals surface area contributed by atoms with Crippen molar-refractivity contribution in [3.8, 4) is 11.1 Å². The molecule has 7 nitrogen and oxygen atoms in total. The van der Waals surface area contributed by atoms with Crippen LogP contribution in [0.3, 0.4) is 0 Å². The second-order valence-corrected chi connectivity index (χ2v) is 9.41. The Kier molecular flexibility index (Phi) is 7.39. The predicted octanol–water partition coefficient (Wildman–Crippen LogP) is 5.59. The summed E-state index contributed by atoms with van der Waals surface area (Å²) < 4.78 is 6.24. The summed E-state index contributed by atoms with van der Waals surface area (Å²) in [5, 5.41) is 12.0. The number of amides is 2. The molecular formula is C27H25IN2O5. The maximum atomic E-state index is 12.8. The Bertz CT molecular complexity index is 1250. The molecule has 1 aliphatic rings. The number of hydrogen-bond donors (Lipinski definition) is 2. The Balaban J connectivity index is 1.43. The molecule has 0 spiro atoms. The fourth-order valence-electron chi connectivity index (χ4n) is 4.39. The van der Waals surface area contributed by atoms with E-state index in [-0.39, 0.29) is 25.0 Å². The molecule has 180 valence electrons. The molecule has 1 aliphatic carbocycles. The summed E-state index contributed by atoms with van der Waals surface area (Å²) in [6.07, 6.45) is -0.585. The van der Waals surface area contributed by atoms with E-state index in [2.05, 4.69) is 29.6 Å². The number of hydrogen-bond acceptors (Lipinski definition) is 4. The van der Waals surface area contributed by atoms with Crippen molar-refractivity contribution in [1.82, 2.24) is 4.90 Å². The van der Waals surface area contributed by atoms with Gasteiger partial charge < -0.3 is 14.7 Å². The minimum absolute atomic E-state index is 0.0385. The summed E-state index contributed by atoms with van der Waals surface area (Å²) in [6.45, 7) is 3.67. The van der Waals surface area contributed by atoms with Gasteiger partial charge in [-0.25, -0.2) is 9.59 Å². The van der Waals surface area contributed by atoms with Crippen LogP contribution in [-0.2, 0) is 9.53 Å². The van der Waals surface area contributed by atoms with E-state index in [0.717, 1.165) is 22.3 Å². The lowest BCUT2D eigenvalue weighted by atomic mass is 9.98. The molecule has 0 saturated heterocycles. The van der Waals surface area contributed by atoms with Crippen molar-refractivity contribution in [2.75, 3.05) is 18.5 Å². The van der Waals surface area contributed by atoms with Gasteiger partial charge in [-0.05, 0) is 76.9 Å². The van der Waals surface area contributed by atoms with Gasteiger partial charge in [-0.15, -0.1) is 0 Å². The lowest BCUT2D eigenvalue weighted by Gasteiger charge is -2.25. The molecule has 8 heteroatoms. The topological polar surface area (TPSA) is 95.9 Å². The number of fused-ring (bicyclic) bond motifs is 3. The third-order valence-electron chi connectivity index (χ3n) is 6.22. The van der Waals surface area contributed by atoms with Gasteiger partial charge in [-0.2, -0.15) is 0 Å². The average Bonchev–Trinajstić information content (AvgIpc) is 3.18.